The third kappa shape index (κ3) is 8.18. The molecule has 0 aliphatic heterocycles. The average Bonchev–Trinajstić information content (AvgIpc) is 2.57. The molecule has 26 heavy (non-hydrogen) atoms. The number of benzene rings is 1. The SMILES string of the molecule is [C-]#[N+]/C(C#N)=C\NC[C@@H](O)[C@H](Cc1ccccc1)NC(=O)OC(C)(C)C. The van der Waals surface area contributed by atoms with Crippen LogP contribution in [-0.2, 0) is 11.2 Å². The van der Waals surface area contributed by atoms with Gasteiger partial charge in [0.2, 0.25) is 0 Å². The van der Waals surface area contributed by atoms with Crippen LogP contribution in [0, 0.1) is 17.9 Å². The second kappa shape index (κ2) is 10.1. The van der Waals surface area contributed by atoms with Crippen LogP contribution < -0.4 is 10.6 Å². The minimum absolute atomic E-state index is 0.0635. The first-order chi connectivity index (χ1) is 12.2. The highest BCUT2D eigenvalue weighted by molar-refractivity contribution is 5.68. The van der Waals surface area contributed by atoms with Crippen LogP contribution in [0.15, 0.2) is 42.2 Å². The van der Waals surface area contributed by atoms with Crippen molar-refractivity contribution < 1.29 is 14.6 Å². The van der Waals surface area contributed by atoms with Crippen molar-refractivity contribution >= 4 is 6.09 Å². The smallest absolute Gasteiger partial charge is 0.407 e. The van der Waals surface area contributed by atoms with Crippen LogP contribution in [0.25, 0.3) is 4.85 Å². The van der Waals surface area contributed by atoms with Gasteiger partial charge in [-0.3, -0.25) is 0 Å². The van der Waals surface area contributed by atoms with Gasteiger partial charge in [-0.15, -0.1) is 0 Å². The second-order valence-electron chi connectivity index (χ2n) is 6.67. The van der Waals surface area contributed by atoms with E-state index in [0.717, 1.165) is 5.56 Å². The van der Waals surface area contributed by atoms with E-state index in [2.05, 4.69) is 15.5 Å². The van der Waals surface area contributed by atoms with Gasteiger partial charge in [-0.1, -0.05) is 30.3 Å². The molecule has 0 bridgehead atoms. The topological polar surface area (TPSA) is 98.7 Å². The van der Waals surface area contributed by atoms with Crippen LogP contribution in [0.5, 0.6) is 0 Å². The predicted octanol–water partition coefficient (Wildman–Crippen LogP) is 2.36. The Labute approximate surface area is 154 Å². The molecule has 0 fully saturated rings. The van der Waals surface area contributed by atoms with Crippen molar-refractivity contribution in [3.63, 3.8) is 0 Å². The van der Waals surface area contributed by atoms with Crippen LogP contribution in [0.2, 0.25) is 0 Å². The number of nitrogens with zero attached hydrogens (tertiary/aromatic N) is 2. The Morgan fingerprint density at radius 3 is 2.62 bits per heavy atom. The summed E-state index contributed by atoms with van der Waals surface area (Å²) < 4.78 is 5.26. The Bertz CT molecular complexity index is 680. The fraction of sp³-hybridized carbons (Fsp3) is 0.421. The van der Waals surface area contributed by atoms with Gasteiger partial charge in [-0.25, -0.2) is 14.9 Å². The molecule has 0 saturated heterocycles. The molecule has 1 aromatic carbocycles. The van der Waals surface area contributed by atoms with E-state index in [4.69, 9.17) is 16.6 Å². The summed E-state index contributed by atoms with van der Waals surface area (Å²) in [5.74, 6) is 0. The molecule has 0 saturated carbocycles. The normalized spacial score (nSPS) is 13.7. The zero-order chi connectivity index (χ0) is 19.6. The molecule has 7 heteroatoms. The molecule has 0 aromatic heterocycles. The first kappa shape index (κ1) is 21.0. The highest BCUT2D eigenvalue weighted by Crippen LogP contribution is 2.10. The molecule has 1 aromatic rings. The average molecular weight is 356 g/mol. The van der Waals surface area contributed by atoms with Gasteiger partial charge in [0, 0.05) is 12.7 Å². The Kier molecular flexibility index (Phi) is 8.14. The predicted molar refractivity (Wildman–Crippen MR) is 97.6 cm³/mol. The van der Waals surface area contributed by atoms with Crippen LogP contribution in [0.4, 0.5) is 4.79 Å². The van der Waals surface area contributed by atoms with E-state index in [0.29, 0.717) is 6.42 Å². The largest absolute Gasteiger partial charge is 0.444 e. The minimum atomic E-state index is -0.954. The van der Waals surface area contributed by atoms with Crippen LogP contribution in [0.3, 0.4) is 0 Å². The summed E-state index contributed by atoms with van der Waals surface area (Å²) in [6, 6.07) is 10.6. The number of amides is 1. The molecule has 0 radical (unpaired) electrons. The number of carbonyl (C=O) groups excluding carboxylic acids is 1. The Balaban J connectivity index is 2.79. The zero-order valence-corrected chi connectivity index (χ0v) is 15.2. The number of rotatable bonds is 7. The summed E-state index contributed by atoms with van der Waals surface area (Å²) in [5.41, 5.74) is 0.184. The number of aliphatic hydroxyl groups is 1. The van der Waals surface area contributed by atoms with E-state index in [9.17, 15) is 9.90 Å². The number of hydrogen-bond donors (Lipinski definition) is 3. The van der Waals surface area contributed by atoms with Gasteiger partial charge in [-0.05, 0) is 32.8 Å². The van der Waals surface area contributed by atoms with E-state index in [1.807, 2.05) is 30.3 Å². The van der Waals surface area contributed by atoms with E-state index in [1.165, 1.54) is 6.20 Å². The lowest BCUT2D eigenvalue weighted by Crippen LogP contribution is -2.49. The summed E-state index contributed by atoms with van der Waals surface area (Å²) in [6.45, 7) is 12.2. The fourth-order valence-corrected chi connectivity index (χ4v) is 2.12. The second-order valence-corrected chi connectivity index (χ2v) is 6.67. The number of allylic oxidation sites excluding steroid dienone is 1. The number of alkyl carbamates (subject to hydrolysis) is 1. The van der Waals surface area contributed by atoms with Crippen LogP contribution in [-0.4, -0.2) is 35.5 Å². The first-order valence-corrected chi connectivity index (χ1v) is 8.18. The quantitative estimate of drug-likeness (QED) is 0.514. The molecule has 1 rings (SSSR count). The van der Waals surface area contributed by atoms with E-state index >= 15 is 0 Å². The van der Waals surface area contributed by atoms with Gasteiger partial charge < -0.3 is 20.5 Å². The summed E-state index contributed by atoms with van der Waals surface area (Å²) in [6.07, 6.45) is 0.0701. The lowest BCUT2D eigenvalue weighted by Gasteiger charge is -2.27. The summed E-state index contributed by atoms with van der Waals surface area (Å²) >= 11 is 0. The Hall–Kier alpha value is -3.03. The van der Waals surface area contributed by atoms with Gasteiger partial charge in [0.15, 0.2) is 0 Å². The number of nitrogens with one attached hydrogen (secondary N) is 2. The highest BCUT2D eigenvalue weighted by Gasteiger charge is 2.24. The summed E-state index contributed by atoms with van der Waals surface area (Å²) in [5, 5.41) is 24.6. The number of hydrogen-bond acceptors (Lipinski definition) is 5. The molecule has 0 heterocycles. The Morgan fingerprint density at radius 2 is 2.08 bits per heavy atom. The maximum absolute atomic E-state index is 12.1. The van der Waals surface area contributed by atoms with E-state index < -0.39 is 23.8 Å². The molecule has 0 spiro atoms. The van der Waals surface area contributed by atoms with Gasteiger partial charge >= 0.3 is 6.09 Å². The van der Waals surface area contributed by atoms with Crippen molar-refractivity contribution in [2.24, 2.45) is 0 Å². The number of nitriles is 1. The van der Waals surface area contributed by atoms with Crippen molar-refractivity contribution in [3.05, 3.63) is 59.2 Å². The minimum Gasteiger partial charge on any atom is -0.444 e. The fourth-order valence-electron chi connectivity index (χ4n) is 2.12. The van der Waals surface area contributed by atoms with Crippen molar-refractivity contribution in [1.82, 2.24) is 10.6 Å². The lowest BCUT2D eigenvalue weighted by molar-refractivity contribution is 0.0425. The van der Waals surface area contributed by atoms with E-state index in [-0.39, 0.29) is 12.2 Å². The Morgan fingerprint density at radius 1 is 1.42 bits per heavy atom. The lowest BCUT2D eigenvalue weighted by atomic mass is 10.0. The molecule has 0 aliphatic rings. The van der Waals surface area contributed by atoms with Crippen LogP contribution >= 0.6 is 0 Å². The van der Waals surface area contributed by atoms with Gasteiger partial charge in [-0.2, -0.15) is 0 Å². The van der Waals surface area contributed by atoms with Crippen molar-refractivity contribution in [2.45, 2.75) is 44.9 Å². The molecule has 0 aliphatic carbocycles. The molecule has 0 unspecified atom stereocenters. The molecule has 1 amide bonds. The van der Waals surface area contributed by atoms with Crippen molar-refractivity contribution in [2.75, 3.05) is 6.54 Å². The van der Waals surface area contributed by atoms with Crippen LogP contribution in [0.1, 0.15) is 26.3 Å². The molecule has 138 valence electrons. The molecule has 7 nitrogen and oxygen atoms in total. The van der Waals surface area contributed by atoms with Crippen molar-refractivity contribution in [1.29, 1.82) is 5.26 Å². The number of ether oxygens (including phenoxy) is 1. The van der Waals surface area contributed by atoms with Gasteiger partial charge in [0.05, 0.1) is 24.8 Å². The molecule has 3 N–H and O–H groups in total. The maximum atomic E-state index is 12.1. The molecule has 2 atom stereocenters. The highest BCUT2D eigenvalue weighted by atomic mass is 16.6. The van der Waals surface area contributed by atoms with Crippen molar-refractivity contribution in [3.8, 4) is 6.07 Å². The zero-order valence-electron chi connectivity index (χ0n) is 15.2. The maximum Gasteiger partial charge on any atom is 0.407 e. The number of carbonyl (C=O) groups is 1. The monoisotopic (exact) mass is 356 g/mol. The van der Waals surface area contributed by atoms with Gasteiger partial charge in [0.25, 0.3) is 5.70 Å². The molecular weight excluding hydrogens is 332 g/mol. The summed E-state index contributed by atoms with van der Waals surface area (Å²) in [7, 11) is 0. The molecular formula is C19H24N4O3. The number of aliphatic hydroxyl groups excluding tert-OH is 1. The summed E-state index contributed by atoms with van der Waals surface area (Å²) in [4.78, 5) is 15.1. The first-order valence-electron chi connectivity index (χ1n) is 8.18. The van der Waals surface area contributed by atoms with Gasteiger partial charge in [0.1, 0.15) is 5.60 Å². The third-order valence-electron chi connectivity index (χ3n) is 3.27. The third-order valence-corrected chi connectivity index (χ3v) is 3.27. The van der Waals surface area contributed by atoms with E-state index in [1.54, 1.807) is 26.8 Å². The standard InChI is InChI=1S/C19H24N4O3/c1-19(2,3)26-18(25)23-16(10-14-8-6-5-7-9-14)17(24)13-22-12-15(11-20)21-4/h5-9,12,16-17,22,24H,10,13H2,1-3H3,(H,23,25)/b15-12-/t16-,17+/m0/s1.